The lowest BCUT2D eigenvalue weighted by Gasteiger charge is -2.55. The zero-order chi connectivity index (χ0) is 56.2. The summed E-state index contributed by atoms with van der Waals surface area (Å²) in [5, 5.41) is 8.01. The number of hydrogen-bond acceptors (Lipinski definition) is 13. The smallest absolute Gasteiger partial charge is 0.313 e. The number of likely N-dealkylation sites (tertiary alicyclic amines) is 4. The van der Waals surface area contributed by atoms with Crippen LogP contribution in [0.4, 0.5) is 17.2 Å². The fraction of sp³-hybridized carbons (Fsp3) is 0.548. The van der Waals surface area contributed by atoms with Gasteiger partial charge in [0.25, 0.3) is 0 Å². The number of carbonyl (C=O) groups excluding carboxylic acids is 4. The summed E-state index contributed by atoms with van der Waals surface area (Å²) >= 11 is 3.54. The number of carbonyl (C=O) groups is 4. The Labute approximate surface area is 474 Å². The molecule has 4 aliphatic heterocycles. The Balaban J connectivity index is 0.785. The molecule has 0 spiro atoms. The second-order valence-corrected chi connectivity index (χ2v) is 27.2. The first-order valence-electron chi connectivity index (χ1n) is 28.7. The van der Waals surface area contributed by atoms with E-state index in [4.69, 9.17) is 15.7 Å². The number of nitrogens with one attached hydrogen (secondary N) is 2. The van der Waals surface area contributed by atoms with Gasteiger partial charge in [-0.3, -0.25) is 29.1 Å². The van der Waals surface area contributed by atoms with Crippen molar-refractivity contribution in [2.24, 2.45) is 11.8 Å². The Morgan fingerprint density at radius 3 is 1.75 bits per heavy atom. The number of fused-ring (bicyclic) bond motifs is 2. The molecule has 4 aromatic heterocycles. The first kappa shape index (κ1) is 56.4. The van der Waals surface area contributed by atoms with E-state index in [1.54, 1.807) is 44.9 Å². The van der Waals surface area contributed by atoms with E-state index in [0.29, 0.717) is 54.7 Å². The van der Waals surface area contributed by atoms with Crippen LogP contribution < -0.4 is 16.4 Å². The number of amides is 4. The summed E-state index contributed by atoms with van der Waals surface area (Å²) < 4.78 is 2.26. The van der Waals surface area contributed by atoms with Gasteiger partial charge in [-0.1, -0.05) is 26.0 Å². The Bertz CT molecular complexity index is 3270. The third-order valence-corrected chi connectivity index (χ3v) is 21.1. The fourth-order valence-electron chi connectivity index (χ4n) is 13.5. The van der Waals surface area contributed by atoms with Crippen LogP contribution in [0.1, 0.15) is 175 Å². The van der Waals surface area contributed by atoms with Crippen molar-refractivity contribution in [3.8, 4) is 0 Å². The number of aromatic nitrogens is 4. The van der Waals surface area contributed by atoms with Crippen molar-refractivity contribution < 1.29 is 19.2 Å². The van der Waals surface area contributed by atoms with E-state index in [-0.39, 0.29) is 40.9 Å². The van der Waals surface area contributed by atoms with Crippen LogP contribution in [0.15, 0.2) is 60.9 Å². The average Bonchev–Trinajstić information content (AvgIpc) is 4.30. The van der Waals surface area contributed by atoms with Crippen molar-refractivity contribution in [1.82, 2.24) is 39.5 Å². The SMILES string of the molecule is Cc1cc(NC(=O)C(=O)N2C[C@@H](C)CC[C@@H]2c2ccc3sc(C4CC(C)(C)N(C)C(C)(CCCc5cc(NC(=O)C(=O)N6C[C@@H](C)CC[C@@H]6c6ccc7sc([C@H]8C[C@@H](C)N(C)[C@@H](C)C8)nc7c6)cnc5N)C4)nc3c2)cnc1C. The third-order valence-electron chi connectivity index (χ3n) is 18.7. The normalized spacial score (nSPS) is 26.8. The highest BCUT2D eigenvalue weighted by atomic mass is 32.1. The largest absolute Gasteiger partial charge is 0.383 e. The molecule has 4 fully saturated rings. The minimum Gasteiger partial charge on any atom is -0.383 e. The summed E-state index contributed by atoms with van der Waals surface area (Å²) in [5.74, 6) is -0.808. The summed E-state index contributed by atoms with van der Waals surface area (Å²) in [6.07, 6.45) is 13.0. The standard InChI is InChI=1S/C62H81N11O4S2/c1-35-15-19-51(72(33-35)59(76)55(74)66-46-23-37(3)40(6)64-31-46)42-17-21-53-49(28-42)69-58(79-53)45-29-61(7,8)71(11)62(9,30-45)22-12-13-43-26-47(32-65-54(43)63)67-56(75)60(77)73-34-36(2)14-18-50(73)41-16-20-52-48(27-41)68-57(78-52)44-24-38(4)70(10)39(5)25-44/h16-17,20-21,23,26-28,31-32,35-36,38-39,44-45,50-51H,12-15,18-19,22,24-25,29-30,33-34H2,1-11H3,(H2,63,65)(H,66,74)(H,67,75)/t35-,36-,38-,39+,44+,45?,50+,51+,62?/m0/s1. The van der Waals surface area contributed by atoms with Crippen LogP contribution in [0.5, 0.6) is 0 Å². The zero-order valence-corrected chi connectivity index (χ0v) is 49.8. The Hall–Kier alpha value is -5.88. The second-order valence-electron chi connectivity index (χ2n) is 25.0. The van der Waals surface area contributed by atoms with Gasteiger partial charge < -0.3 is 31.1 Å². The zero-order valence-electron chi connectivity index (χ0n) is 48.2. The minimum absolute atomic E-state index is 0.113. The van der Waals surface area contributed by atoms with Crippen LogP contribution in [-0.4, -0.2) is 114 Å². The quantitative estimate of drug-likeness (QED) is 0.111. The van der Waals surface area contributed by atoms with Crippen LogP contribution in [0.2, 0.25) is 0 Å². The molecule has 6 aromatic rings. The molecule has 9 atom stereocenters. The van der Waals surface area contributed by atoms with E-state index in [1.807, 2.05) is 26.0 Å². The number of anilines is 3. The number of benzene rings is 2. The highest BCUT2D eigenvalue weighted by Crippen LogP contribution is 2.49. The topological polar surface area (TPSA) is 183 Å². The molecule has 4 amide bonds. The van der Waals surface area contributed by atoms with Crippen molar-refractivity contribution in [3.05, 3.63) is 98.9 Å². The Kier molecular flexibility index (Phi) is 16.1. The molecule has 0 aliphatic carbocycles. The number of aryl methyl sites for hydroxylation is 3. The molecule has 4 N–H and O–H groups in total. The number of hydrogen-bond donors (Lipinski definition) is 3. The summed E-state index contributed by atoms with van der Waals surface area (Å²) in [7, 11) is 4.45. The van der Waals surface area contributed by atoms with E-state index < -0.39 is 23.6 Å². The van der Waals surface area contributed by atoms with Gasteiger partial charge >= 0.3 is 23.6 Å². The van der Waals surface area contributed by atoms with Gasteiger partial charge in [-0.2, -0.15) is 0 Å². The number of nitrogens with two attached hydrogens (primary N) is 1. The van der Waals surface area contributed by atoms with Gasteiger partial charge in [-0.15, -0.1) is 22.7 Å². The van der Waals surface area contributed by atoms with E-state index in [2.05, 4.69) is 129 Å². The van der Waals surface area contributed by atoms with Crippen molar-refractivity contribution in [2.45, 2.75) is 180 Å². The highest BCUT2D eigenvalue weighted by Gasteiger charge is 2.47. The predicted octanol–water partition coefficient (Wildman–Crippen LogP) is 11.7. The molecule has 0 bridgehead atoms. The molecule has 2 aromatic carbocycles. The molecule has 420 valence electrons. The van der Waals surface area contributed by atoms with Gasteiger partial charge in [0.1, 0.15) is 5.82 Å². The van der Waals surface area contributed by atoms with Crippen LogP contribution >= 0.6 is 22.7 Å². The Morgan fingerprint density at radius 1 is 0.684 bits per heavy atom. The number of thiazole rings is 2. The molecule has 0 saturated carbocycles. The van der Waals surface area contributed by atoms with Crippen LogP contribution in [0.3, 0.4) is 0 Å². The molecule has 17 heteroatoms. The maximum absolute atomic E-state index is 14.2. The van der Waals surface area contributed by atoms with E-state index in [0.717, 1.165) is 118 Å². The van der Waals surface area contributed by atoms with Crippen molar-refractivity contribution in [3.63, 3.8) is 0 Å². The number of nitrogen functional groups attached to an aromatic ring is 1. The maximum Gasteiger partial charge on any atom is 0.313 e. The third kappa shape index (κ3) is 11.8. The van der Waals surface area contributed by atoms with Crippen molar-refractivity contribution in [2.75, 3.05) is 43.6 Å². The van der Waals surface area contributed by atoms with Gasteiger partial charge in [-0.05, 0) is 204 Å². The predicted molar refractivity (Wildman–Crippen MR) is 318 cm³/mol. The van der Waals surface area contributed by atoms with Crippen molar-refractivity contribution >= 4 is 83.9 Å². The van der Waals surface area contributed by atoms with E-state index in [9.17, 15) is 19.2 Å². The Morgan fingerprint density at radius 2 is 1.20 bits per heavy atom. The average molecular weight is 1110 g/mol. The van der Waals surface area contributed by atoms with Gasteiger partial charge in [0, 0.05) is 53.8 Å². The van der Waals surface area contributed by atoms with Gasteiger partial charge in [-0.25, -0.2) is 15.0 Å². The molecule has 15 nitrogen and oxygen atoms in total. The molecule has 0 radical (unpaired) electrons. The molecular formula is C62H81N11O4S2. The lowest BCUT2D eigenvalue weighted by Crippen LogP contribution is -2.59. The van der Waals surface area contributed by atoms with Crippen LogP contribution in [-0.2, 0) is 25.6 Å². The minimum atomic E-state index is -0.678. The first-order valence-corrected chi connectivity index (χ1v) is 30.4. The van der Waals surface area contributed by atoms with Gasteiger partial charge in [0.2, 0.25) is 0 Å². The molecule has 4 aliphatic rings. The van der Waals surface area contributed by atoms with Crippen molar-refractivity contribution in [1.29, 1.82) is 0 Å². The molecule has 10 rings (SSSR count). The molecule has 4 saturated heterocycles. The van der Waals surface area contributed by atoms with Gasteiger partial charge in [0.15, 0.2) is 0 Å². The van der Waals surface area contributed by atoms with Crippen LogP contribution in [0.25, 0.3) is 20.4 Å². The second kappa shape index (κ2) is 22.6. The summed E-state index contributed by atoms with van der Waals surface area (Å²) in [4.78, 5) is 83.3. The number of piperidine rings is 4. The highest BCUT2D eigenvalue weighted by molar-refractivity contribution is 7.19. The maximum atomic E-state index is 14.2. The van der Waals surface area contributed by atoms with E-state index in [1.165, 1.54) is 5.01 Å². The van der Waals surface area contributed by atoms with E-state index >= 15 is 0 Å². The fourth-order valence-corrected chi connectivity index (χ4v) is 15.6. The summed E-state index contributed by atoms with van der Waals surface area (Å²) in [6, 6.07) is 17.1. The summed E-state index contributed by atoms with van der Waals surface area (Å²) in [5.41, 5.74) is 13.8. The molecule has 79 heavy (non-hydrogen) atoms. The molecule has 8 heterocycles. The number of pyridine rings is 2. The number of nitrogens with zero attached hydrogens (tertiary/aromatic N) is 8. The van der Waals surface area contributed by atoms with Crippen LogP contribution in [0, 0.1) is 25.7 Å². The number of rotatable bonds is 10. The monoisotopic (exact) mass is 1110 g/mol. The lowest BCUT2D eigenvalue weighted by atomic mass is 9.71. The van der Waals surface area contributed by atoms with Gasteiger partial charge in [0.05, 0.1) is 66.3 Å². The summed E-state index contributed by atoms with van der Waals surface area (Å²) in [6.45, 7) is 20.7. The lowest BCUT2D eigenvalue weighted by molar-refractivity contribution is -0.146. The molecule has 2 unspecified atom stereocenters. The first-order chi connectivity index (χ1) is 37.5. The molecular weight excluding hydrogens is 1030 g/mol.